The predicted octanol–water partition coefficient (Wildman–Crippen LogP) is 6.19. The Kier molecular flexibility index (Phi) is 9.56. The zero-order valence-corrected chi connectivity index (χ0v) is 15.9. The quantitative estimate of drug-likeness (QED) is 0.411. The van der Waals surface area contributed by atoms with Crippen LogP contribution in [0.25, 0.3) is 22.3 Å². The van der Waals surface area contributed by atoms with Gasteiger partial charge in [0.25, 0.3) is 0 Å². The van der Waals surface area contributed by atoms with E-state index in [0.29, 0.717) is 0 Å². The molecule has 4 rings (SSSR count). The van der Waals surface area contributed by atoms with Gasteiger partial charge >= 0.3 is 0 Å². The van der Waals surface area contributed by atoms with Crippen molar-refractivity contribution in [3.05, 3.63) is 121 Å². The first-order valence-electron chi connectivity index (χ1n) is 8.59. The average molecular weight is 374 g/mol. The van der Waals surface area contributed by atoms with Crippen molar-refractivity contribution in [1.82, 2.24) is 0 Å². The molecule has 2 nitrogen and oxygen atoms in total. The van der Waals surface area contributed by atoms with Crippen LogP contribution in [0.5, 0.6) is 0 Å². The van der Waals surface area contributed by atoms with E-state index in [2.05, 4.69) is 97.1 Å². The lowest BCUT2D eigenvalue weighted by molar-refractivity contribution is 0.513. The minimum absolute atomic E-state index is 0.917. The molecule has 27 heavy (non-hydrogen) atoms. The van der Waals surface area contributed by atoms with Crippen LogP contribution < -0.4 is 0 Å². The Morgan fingerprint density at radius 1 is 0.333 bits per heavy atom. The molecule has 0 heterocycles. The molecule has 0 atom stereocenters. The molecule has 0 aliphatic rings. The number of hydrogen-bond donors (Lipinski definition) is 2. The Morgan fingerprint density at radius 3 is 0.630 bits per heavy atom. The third-order valence-corrected chi connectivity index (χ3v) is 3.76. The molecular weight excluding hydrogens is 351 g/mol. The second kappa shape index (κ2) is 12.6. The van der Waals surface area contributed by atoms with E-state index in [1.165, 1.54) is 22.3 Å². The van der Waals surface area contributed by atoms with E-state index in [0.717, 1.165) is 0 Å². The highest BCUT2D eigenvalue weighted by Gasteiger charge is 1.92. The van der Waals surface area contributed by atoms with Gasteiger partial charge in [-0.05, 0) is 22.3 Å². The maximum Gasteiger partial charge on any atom is 0.149 e. The van der Waals surface area contributed by atoms with Crippen LogP contribution >= 0.6 is 9.03 Å². The minimum Gasteiger partial charge on any atom is -0.352 e. The summed E-state index contributed by atoms with van der Waals surface area (Å²) in [7, 11) is -0.917. The van der Waals surface area contributed by atoms with Crippen LogP contribution in [-0.2, 0) is 0 Å². The molecule has 0 aliphatic carbocycles. The fraction of sp³-hybridized carbons (Fsp3) is 0. The second-order valence-electron chi connectivity index (χ2n) is 5.56. The van der Waals surface area contributed by atoms with Crippen molar-refractivity contribution in [2.45, 2.75) is 0 Å². The predicted molar refractivity (Wildman–Crippen MR) is 117 cm³/mol. The summed E-state index contributed by atoms with van der Waals surface area (Å²) in [6, 6.07) is 41.6. The summed E-state index contributed by atoms with van der Waals surface area (Å²) >= 11 is 0. The molecule has 0 aromatic heterocycles. The molecule has 0 amide bonds. The van der Waals surface area contributed by atoms with Gasteiger partial charge in [-0.3, -0.25) is 0 Å². The summed E-state index contributed by atoms with van der Waals surface area (Å²) in [6.45, 7) is 0. The first-order chi connectivity index (χ1) is 13.3. The molecule has 0 saturated heterocycles. The number of hydrogen-bond acceptors (Lipinski definition) is 2. The molecule has 0 radical (unpaired) electrons. The minimum atomic E-state index is -0.917. The van der Waals surface area contributed by atoms with Crippen LogP contribution in [0.1, 0.15) is 0 Å². The van der Waals surface area contributed by atoms with Crippen molar-refractivity contribution in [1.29, 1.82) is 0 Å². The SMILES string of the molecule is OPO.c1ccc(-c2ccccc2)cc1.c1ccc(-c2ccccc2)cc1. The fourth-order valence-corrected chi connectivity index (χ4v) is 2.52. The molecule has 0 spiro atoms. The maximum absolute atomic E-state index is 7.15. The first-order valence-corrected chi connectivity index (χ1v) is 9.48. The Balaban J connectivity index is 0.000000170. The molecule has 136 valence electrons. The van der Waals surface area contributed by atoms with Crippen molar-refractivity contribution in [3.8, 4) is 22.3 Å². The maximum atomic E-state index is 7.15. The Morgan fingerprint density at radius 2 is 0.481 bits per heavy atom. The van der Waals surface area contributed by atoms with E-state index < -0.39 is 9.03 Å². The van der Waals surface area contributed by atoms with Crippen LogP contribution in [0.2, 0.25) is 0 Å². The van der Waals surface area contributed by atoms with Gasteiger partial charge in [-0.15, -0.1) is 0 Å². The highest BCUT2D eigenvalue weighted by atomic mass is 31.1. The molecule has 0 fully saturated rings. The lowest BCUT2D eigenvalue weighted by Crippen LogP contribution is -1.73. The molecule has 0 unspecified atom stereocenters. The molecule has 0 bridgehead atoms. The molecule has 2 N–H and O–H groups in total. The van der Waals surface area contributed by atoms with Crippen molar-refractivity contribution >= 4 is 9.03 Å². The molecule has 0 saturated carbocycles. The van der Waals surface area contributed by atoms with Crippen molar-refractivity contribution in [3.63, 3.8) is 0 Å². The first kappa shape index (κ1) is 20.5. The van der Waals surface area contributed by atoms with Gasteiger partial charge in [-0.25, -0.2) is 0 Å². The Bertz CT molecular complexity index is 702. The van der Waals surface area contributed by atoms with E-state index in [1.807, 2.05) is 24.3 Å². The van der Waals surface area contributed by atoms with Gasteiger partial charge in [0, 0.05) is 0 Å². The van der Waals surface area contributed by atoms with Gasteiger partial charge in [-0.1, -0.05) is 121 Å². The summed E-state index contributed by atoms with van der Waals surface area (Å²) in [4.78, 5) is 14.3. The smallest absolute Gasteiger partial charge is 0.149 e. The van der Waals surface area contributed by atoms with Gasteiger partial charge in [0.05, 0.1) is 0 Å². The van der Waals surface area contributed by atoms with Crippen LogP contribution in [0.3, 0.4) is 0 Å². The van der Waals surface area contributed by atoms with Crippen molar-refractivity contribution in [2.75, 3.05) is 0 Å². The Hall–Kier alpha value is -2.77. The van der Waals surface area contributed by atoms with E-state index in [9.17, 15) is 0 Å². The molecule has 4 aromatic carbocycles. The van der Waals surface area contributed by atoms with Crippen LogP contribution in [0.15, 0.2) is 121 Å². The van der Waals surface area contributed by atoms with Gasteiger partial charge in [0.15, 0.2) is 0 Å². The van der Waals surface area contributed by atoms with Gasteiger partial charge in [0.2, 0.25) is 0 Å². The number of rotatable bonds is 2. The van der Waals surface area contributed by atoms with E-state index in [1.54, 1.807) is 0 Å². The van der Waals surface area contributed by atoms with Crippen molar-refractivity contribution in [2.24, 2.45) is 0 Å². The topological polar surface area (TPSA) is 40.5 Å². The molecule has 3 heteroatoms. The highest BCUT2D eigenvalue weighted by molar-refractivity contribution is 7.23. The van der Waals surface area contributed by atoms with Crippen molar-refractivity contribution < 1.29 is 9.79 Å². The zero-order valence-electron chi connectivity index (χ0n) is 14.9. The average Bonchev–Trinajstić information content (AvgIpc) is 2.77. The normalized spacial score (nSPS) is 9.26. The lowest BCUT2D eigenvalue weighted by atomic mass is 10.1. The van der Waals surface area contributed by atoms with E-state index >= 15 is 0 Å². The van der Waals surface area contributed by atoms with E-state index in [-0.39, 0.29) is 0 Å². The summed E-state index contributed by atoms with van der Waals surface area (Å²) in [5.74, 6) is 0. The molecule has 4 aromatic rings. The zero-order chi connectivity index (χ0) is 19.2. The Labute approximate surface area is 162 Å². The van der Waals surface area contributed by atoms with Crippen LogP contribution in [0.4, 0.5) is 0 Å². The molecule has 0 aliphatic heterocycles. The number of benzene rings is 4. The summed E-state index contributed by atoms with van der Waals surface area (Å²) < 4.78 is 0. The molecular formula is C24H23O2P. The largest absolute Gasteiger partial charge is 0.352 e. The second-order valence-corrected chi connectivity index (χ2v) is 5.76. The lowest BCUT2D eigenvalue weighted by Gasteiger charge is -1.98. The summed E-state index contributed by atoms with van der Waals surface area (Å²) in [5, 5.41) is 0. The van der Waals surface area contributed by atoms with E-state index in [4.69, 9.17) is 9.79 Å². The third-order valence-electron chi connectivity index (χ3n) is 3.76. The standard InChI is InChI=1S/2C12H10.H3O2P/c2*1-3-7-11(8-4-1)12-9-5-2-6-10-12;1-3-2/h2*1-10H;1-3H. The van der Waals surface area contributed by atoms with Gasteiger partial charge in [-0.2, -0.15) is 0 Å². The van der Waals surface area contributed by atoms with Gasteiger partial charge < -0.3 is 9.79 Å². The summed E-state index contributed by atoms with van der Waals surface area (Å²) in [6.07, 6.45) is 0. The highest BCUT2D eigenvalue weighted by Crippen LogP contribution is 2.18. The van der Waals surface area contributed by atoms with Gasteiger partial charge in [0.1, 0.15) is 9.03 Å². The summed E-state index contributed by atoms with van der Waals surface area (Å²) in [5.41, 5.74) is 5.10. The fourth-order valence-electron chi connectivity index (χ4n) is 2.52. The third kappa shape index (κ3) is 7.55. The monoisotopic (exact) mass is 374 g/mol. The van der Waals surface area contributed by atoms with Crippen LogP contribution in [0, 0.1) is 0 Å². The van der Waals surface area contributed by atoms with Crippen LogP contribution in [-0.4, -0.2) is 9.79 Å².